The molecule has 0 N–H and O–H groups in total. The van der Waals surface area contributed by atoms with Crippen LogP contribution in [0.4, 0.5) is 0 Å². The van der Waals surface area contributed by atoms with Gasteiger partial charge in [-0.2, -0.15) is 0 Å². The van der Waals surface area contributed by atoms with E-state index >= 15 is 0 Å². The predicted octanol–water partition coefficient (Wildman–Crippen LogP) is 4.99. The normalized spacial score (nSPS) is 14.1. The molecule has 0 aromatic carbocycles. The molecular formula is C16H42O6Si4. The van der Waals surface area contributed by atoms with Crippen LogP contribution in [0, 0.1) is 0 Å². The Kier molecular flexibility index (Phi) is 11.9. The van der Waals surface area contributed by atoms with Crippen LogP contribution in [-0.2, 0) is 25.6 Å². The van der Waals surface area contributed by atoms with E-state index in [9.17, 15) is 0 Å². The molecule has 0 aliphatic carbocycles. The first-order valence-corrected chi connectivity index (χ1v) is 20.0. The van der Waals surface area contributed by atoms with E-state index in [1.54, 1.807) is 21.3 Å². The van der Waals surface area contributed by atoms with Gasteiger partial charge in [0.25, 0.3) is 0 Å². The molecule has 0 atom stereocenters. The van der Waals surface area contributed by atoms with Crippen molar-refractivity contribution >= 4 is 34.5 Å². The van der Waals surface area contributed by atoms with Crippen LogP contribution >= 0.6 is 0 Å². The molecule has 0 saturated heterocycles. The molecular weight excluding hydrogens is 401 g/mol. The molecule has 6 nitrogen and oxygen atoms in total. The van der Waals surface area contributed by atoms with Gasteiger partial charge in [0.05, 0.1) is 0 Å². The van der Waals surface area contributed by atoms with Crippen molar-refractivity contribution in [1.82, 2.24) is 0 Å². The lowest BCUT2D eigenvalue weighted by Gasteiger charge is -2.42. The fraction of sp³-hybridized carbons (Fsp3) is 1.00. The summed E-state index contributed by atoms with van der Waals surface area (Å²) in [5, 5.41) is 0. The molecule has 0 rings (SSSR count). The van der Waals surface area contributed by atoms with E-state index in [-0.39, 0.29) is 0 Å². The van der Waals surface area contributed by atoms with Gasteiger partial charge < -0.3 is 25.6 Å². The van der Waals surface area contributed by atoms with Gasteiger partial charge in [-0.3, -0.25) is 0 Å². The summed E-state index contributed by atoms with van der Waals surface area (Å²) in [4.78, 5) is 0. The molecule has 0 radical (unpaired) electrons. The number of hydrogen-bond acceptors (Lipinski definition) is 6. The van der Waals surface area contributed by atoms with Gasteiger partial charge in [-0.05, 0) is 45.7 Å². The minimum Gasteiger partial charge on any atom is -0.417 e. The van der Waals surface area contributed by atoms with Crippen LogP contribution in [0.3, 0.4) is 0 Å². The summed E-state index contributed by atoms with van der Waals surface area (Å²) in [5.74, 6) is 0. The quantitative estimate of drug-likeness (QED) is 0.263. The van der Waals surface area contributed by atoms with Gasteiger partial charge >= 0.3 is 17.9 Å². The average molecular weight is 443 g/mol. The van der Waals surface area contributed by atoms with Gasteiger partial charge in [0, 0.05) is 27.4 Å². The van der Waals surface area contributed by atoms with Gasteiger partial charge in [0.1, 0.15) is 0 Å². The molecule has 0 spiro atoms. The summed E-state index contributed by atoms with van der Waals surface area (Å²) >= 11 is 0. The Labute approximate surface area is 166 Å². The predicted molar refractivity (Wildman–Crippen MR) is 116 cm³/mol. The van der Waals surface area contributed by atoms with Crippen LogP contribution in [0.15, 0.2) is 0 Å². The topological polar surface area (TPSA) is 55.4 Å². The van der Waals surface area contributed by atoms with Crippen molar-refractivity contribution in [1.29, 1.82) is 0 Å². The SMILES string of the molecule is CCCCCCC[Si](O[Si](C)(C)C)(O[Si](C)(C)C)O[Si](OC)(OC)OC. The monoisotopic (exact) mass is 442 g/mol. The average Bonchev–Trinajstić information content (AvgIpc) is 2.49. The first-order chi connectivity index (χ1) is 11.9. The summed E-state index contributed by atoms with van der Waals surface area (Å²) in [6.45, 7) is 15.2. The second kappa shape index (κ2) is 11.6. The highest BCUT2D eigenvalue weighted by Gasteiger charge is 2.57. The van der Waals surface area contributed by atoms with Gasteiger partial charge in [-0.15, -0.1) is 0 Å². The molecule has 158 valence electrons. The van der Waals surface area contributed by atoms with Crippen LogP contribution in [0.5, 0.6) is 0 Å². The van der Waals surface area contributed by atoms with Gasteiger partial charge in [0.2, 0.25) is 0 Å². The van der Waals surface area contributed by atoms with Crippen molar-refractivity contribution in [3.63, 3.8) is 0 Å². The standard InChI is InChI=1S/C16H42O6Si4/c1-11-12-13-14-15-16-25(20-23(5,6)7,21-24(8,9)10)22-26(17-2,18-3)19-4/h11-16H2,1-10H3. The maximum atomic E-state index is 6.63. The van der Waals surface area contributed by atoms with Crippen molar-refractivity contribution in [3.8, 4) is 0 Å². The first kappa shape index (κ1) is 26.6. The van der Waals surface area contributed by atoms with Crippen molar-refractivity contribution < 1.29 is 25.6 Å². The van der Waals surface area contributed by atoms with Crippen molar-refractivity contribution in [2.24, 2.45) is 0 Å². The van der Waals surface area contributed by atoms with E-state index in [0.717, 1.165) is 18.9 Å². The molecule has 0 aliphatic rings. The second-order valence-corrected chi connectivity index (χ2v) is 23.5. The Bertz CT molecular complexity index is 356. The highest BCUT2D eigenvalue weighted by Crippen LogP contribution is 2.31. The Morgan fingerprint density at radius 3 is 1.35 bits per heavy atom. The Morgan fingerprint density at radius 1 is 0.577 bits per heavy atom. The summed E-state index contributed by atoms with van der Waals surface area (Å²) in [6.07, 6.45) is 5.87. The highest BCUT2D eigenvalue weighted by molar-refractivity contribution is 6.88. The van der Waals surface area contributed by atoms with E-state index in [4.69, 9.17) is 25.6 Å². The highest BCUT2D eigenvalue weighted by atomic mass is 28.5. The maximum Gasteiger partial charge on any atom is 0.671 e. The Morgan fingerprint density at radius 2 is 1.00 bits per heavy atom. The lowest BCUT2D eigenvalue weighted by molar-refractivity contribution is 0.0274. The summed E-state index contributed by atoms with van der Waals surface area (Å²) in [5.41, 5.74) is 0. The number of rotatable bonds is 15. The van der Waals surface area contributed by atoms with Crippen LogP contribution in [0.2, 0.25) is 45.3 Å². The molecule has 0 heterocycles. The molecule has 0 fully saturated rings. The number of unbranched alkanes of at least 4 members (excludes halogenated alkanes) is 4. The van der Waals surface area contributed by atoms with E-state index in [1.807, 2.05) is 0 Å². The fourth-order valence-corrected chi connectivity index (χ4v) is 16.7. The second-order valence-electron chi connectivity index (χ2n) is 8.49. The van der Waals surface area contributed by atoms with Crippen LogP contribution in [0.25, 0.3) is 0 Å². The molecule has 26 heavy (non-hydrogen) atoms. The Balaban J connectivity index is 5.62. The summed E-state index contributed by atoms with van der Waals surface area (Å²) in [7, 11) is -5.44. The minimum atomic E-state index is -3.27. The van der Waals surface area contributed by atoms with Crippen molar-refractivity contribution in [3.05, 3.63) is 0 Å². The maximum absolute atomic E-state index is 6.63. The van der Waals surface area contributed by atoms with Gasteiger partial charge in [-0.1, -0.05) is 32.6 Å². The summed E-state index contributed by atoms with van der Waals surface area (Å²) in [6, 6.07) is 0.774. The van der Waals surface area contributed by atoms with Crippen LogP contribution in [-0.4, -0.2) is 55.8 Å². The van der Waals surface area contributed by atoms with E-state index in [0.29, 0.717) is 0 Å². The minimum absolute atomic E-state index is 0.774. The van der Waals surface area contributed by atoms with E-state index in [1.165, 1.54) is 19.3 Å². The van der Waals surface area contributed by atoms with Crippen molar-refractivity contribution in [2.75, 3.05) is 21.3 Å². The molecule has 0 unspecified atom stereocenters. The third-order valence-corrected chi connectivity index (χ3v) is 15.6. The zero-order valence-corrected chi connectivity index (χ0v) is 22.7. The third-order valence-electron chi connectivity index (χ3n) is 3.54. The largest absolute Gasteiger partial charge is 0.671 e. The van der Waals surface area contributed by atoms with Crippen LogP contribution in [0.1, 0.15) is 39.0 Å². The van der Waals surface area contributed by atoms with E-state index in [2.05, 4.69) is 46.2 Å². The molecule has 10 heteroatoms. The third kappa shape index (κ3) is 10.8. The Hall–Kier alpha value is 0.628. The summed E-state index contributed by atoms with van der Waals surface area (Å²) < 4.78 is 36.4. The van der Waals surface area contributed by atoms with Gasteiger partial charge in [-0.25, -0.2) is 0 Å². The molecule has 0 bridgehead atoms. The number of hydrogen-bond donors (Lipinski definition) is 0. The zero-order chi connectivity index (χ0) is 20.5. The fourth-order valence-electron chi connectivity index (χ4n) is 2.66. The lowest BCUT2D eigenvalue weighted by atomic mass is 10.2. The van der Waals surface area contributed by atoms with Crippen molar-refractivity contribution in [2.45, 2.75) is 84.4 Å². The lowest BCUT2D eigenvalue weighted by Crippen LogP contribution is -2.64. The first-order valence-electron chi connectivity index (χ1n) is 9.62. The molecule has 0 aromatic heterocycles. The van der Waals surface area contributed by atoms with Crippen LogP contribution < -0.4 is 0 Å². The smallest absolute Gasteiger partial charge is 0.417 e. The molecule has 0 aromatic rings. The molecule has 0 aliphatic heterocycles. The molecule has 0 amide bonds. The van der Waals surface area contributed by atoms with Gasteiger partial charge in [0.15, 0.2) is 16.6 Å². The van der Waals surface area contributed by atoms with E-state index < -0.39 is 34.5 Å². The molecule has 0 saturated carbocycles. The zero-order valence-electron chi connectivity index (χ0n) is 18.7.